The molecule has 0 radical (unpaired) electrons. The zero-order valence-corrected chi connectivity index (χ0v) is 14.2. The highest BCUT2D eigenvalue weighted by molar-refractivity contribution is 7.80. The van der Waals surface area contributed by atoms with Gasteiger partial charge in [-0.3, -0.25) is 0 Å². The molecule has 3 rings (SSSR count). The van der Waals surface area contributed by atoms with Crippen molar-refractivity contribution in [3.63, 3.8) is 0 Å². The van der Waals surface area contributed by atoms with Crippen LogP contribution >= 0.6 is 12.6 Å². The first kappa shape index (κ1) is 16.3. The number of hydrogen-bond acceptors (Lipinski definition) is 1. The third kappa shape index (κ3) is 3.50. The lowest BCUT2D eigenvalue weighted by atomic mass is 9.70. The van der Waals surface area contributed by atoms with Crippen molar-refractivity contribution in [1.82, 2.24) is 0 Å². The van der Waals surface area contributed by atoms with Gasteiger partial charge in [0.05, 0.1) is 0 Å². The Kier molecular flexibility index (Phi) is 5.11. The van der Waals surface area contributed by atoms with Crippen molar-refractivity contribution in [2.45, 2.75) is 69.5 Å². The number of halogens is 2. The molecule has 1 aromatic carbocycles. The fourth-order valence-electron chi connectivity index (χ4n) is 4.45. The van der Waals surface area contributed by atoms with Gasteiger partial charge in [-0.2, -0.15) is 12.6 Å². The van der Waals surface area contributed by atoms with Crippen LogP contribution in [0.2, 0.25) is 0 Å². The van der Waals surface area contributed by atoms with Gasteiger partial charge in [0.2, 0.25) is 0 Å². The monoisotopic (exact) mass is 324 g/mol. The van der Waals surface area contributed by atoms with Gasteiger partial charge in [-0.05, 0) is 99.3 Å². The minimum Gasteiger partial charge on any atom is -0.207 e. The molecule has 2 aliphatic rings. The summed E-state index contributed by atoms with van der Waals surface area (Å²) in [6.45, 7) is 1.62. The molecule has 0 aromatic heterocycles. The van der Waals surface area contributed by atoms with Crippen LogP contribution in [0.3, 0.4) is 0 Å². The Bertz CT molecular complexity index is 512. The summed E-state index contributed by atoms with van der Waals surface area (Å²) in [5.74, 6) is 1.33. The molecule has 0 bridgehead atoms. The van der Waals surface area contributed by atoms with Gasteiger partial charge in [0, 0.05) is 5.25 Å². The molecule has 0 nitrogen and oxygen atoms in total. The maximum atomic E-state index is 14.1. The molecule has 0 spiro atoms. The highest BCUT2D eigenvalue weighted by Gasteiger charge is 2.31. The fraction of sp³-hybridized carbons (Fsp3) is 0.684. The van der Waals surface area contributed by atoms with Crippen LogP contribution in [-0.4, -0.2) is 5.25 Å². The van der Waals surface area contributed by atoms with Crippen molar-refractivity contribution in [1.29, 1.82) is 0 Å². The first-order chi connectivity index (χ1) is 10.5. The van der Waals surface area contributed by atoms with Crippen molar-refractivity contribution in [3.8, 4) is 0 Å². The van der Waals surface area contributed by atoms with Crippen molar-refractivity contribution >= 4 is 12.6 Å². The van der Waals surface area contributed by atoms with Crippen LogP contribution < -0.4 is 0 Å². The average Bonchev–Trinajstić information content (AvgIpc) is 2.52. The normalized spacial score (nSPS) is 32.9. The molecule has 0 atom stereocenters. The third-order valence-electron chi connectivity index (χ3n) is 5.90. The van der Waals surface area contributed by atoms with Gasteiger partial charge in [0.1, 0.15) is 11.6 Å². The Hall–Kier alpha value is -0.570. The number of thiol groups is 1. The summed E-state index contributed by atoms with van der Waals surface area (Å²) in [5.41, 5.74) is 0.999. The summed E-state index contributed by atoms with van der Waals surface area (Å²) in [6.07, 6.45) is 9.43. The van der Waals surface area contributed by atoms with Gasteiger partial charge in [-0.15, -0.1) is 0 Å². The largest absolute Gasteiger partial charge is 0.207 e. The van der Waals surface area contributed by atoms with Gasteiger partial charge in [-0.1, -0.05) is 0 Å². The summed E-state index contributed by atoms with van der Waals surface area (Å²) in [5, 5.41) is 0.595. The van der Waals surface area contributed by atoms with Crippen LogP contribution in [0.25, 0.3) is 0 Å². The molecule has 2 fully saturated rings. The molecule has 2 saturated carbocycles. The molecule has 3 heteroatoms. The van der Waals surface area contributed by atoms with E-state index >= 15 is 0 Å². The molecule has 122 valence electrons. The molecular weight excluding hydrogens is 298 g/mol. The van der Waals surface area contributed by atoms with Crippen LogP contribution in [0.4, 0.5) is 8.78 Å². The van der Waals surface area contributed by atoms with Crippen LogP contribution in [0, 0.1) is 30.4 Å². The van der Waals surface area contributed by atoms with Crippen LogP contribution in [0.1, 0.15) is 68.4 Å². The zero-order valence-electron chi connectivity index (χ0n) is 13.3. The van der Waals surface area contributed by atoms with Crippen molar-refractivity contribution < 1.29 is 8.78 Å². The third-order valence-corrected chi connectivity index (χ3v) is 6.41. The minimum absolute atomic E-state index is 0.201. The molecule has 2 aliphatic carbocycles. The first-order valence-electron chi connectivity index (χ1n) is 8.68. The number of aryl methyl sites for hydroxylation is 1. The zero-order chi connectivity index (χ0) is 15.7. The molecule has 0 saturated heterocycles. The fourth-order valence-corrected chi connectivity index (χ4v) is 4.75. The van der Waals surface area contributed by atoms with E-state index in [2.05, 4.69) is 12.6 Å². The Balaban J connectivity index is 1.61. The van der Waals surface area contributed by atoms with Gasteiger partial charge in [-0.25, -0.2) is 8.78 Å². The van der Waals surface area contributed by atoms with E-state index < -0.39 is 0 Å². The summed E-state index contributed by atoms with van der Waals surface area (Å²) < 4.78 is 27.9. The number of rotatable bonds is 2. The minimum atomic E-state index is -0.273. The van der Waals surface area contributed by atoms with E-state index in [4.69, 9.17) is 0 Å². The van der Waals surface area contributed by atoms with Crippen LogP contribution in [0.5, 0.6) is 0 Å². The van der Waals surface area contributed by atoms with E-state index in [1.165, 1.54) is 50.7 Å². The van der Waals surface area contributed by atoms with Crippen LogP contribution in [0.15, 0.2) is 12.1 Å². The SMILES string of the molecule is Cc1cc(F)c(C2CCC(C3CCC(S)CC3)CC2)cc1F. The highest BCUT2D eigenvalue weighted by atomic mass is 32.1. The lowest BCUT2D eigenvalue weighted by Crippen LogP contribution is -2.25. The highest BCUT2D eigenvalue weighted by Crippen LogP contribution is 2.44. The second kappa shape index (κ2) is 6.90. The molecule has 22 heavy (non-hydrogen) atoms. The van der Waals surface area contributed by atoms with E-state index in [-0.39, 0.29) is 17.6 Å². The van der Waals surface area contributed by atoms with E-state index in [1.807, 2.05) is 0 Å². The second-order valence-electron chi connectivity index (χ2n) is 7.30. The van der Waals surface area contributed by atoms with Crippen LogP contribution in [-0.2, 0) is 0 Å². The number of hydrogen-bond donors (Lipinski definition) is 1. The lowest BCUT2D eigenvalue weighted by molar-refractivity contribution is 0.187. The van der Waals surface area contributed by atoms with Gasteiger partial charge < -0.3 is 0 Å². The summed E-state index contributed by atoms with van der Waals surface area (Å²) in [6, 6.07) is 2.78. The maximum Gasteiger partial charge on any atom is 0.127 e. The van der Waals surface area contributed by atoms with Gasteiger partial charge in [0.15, 0.2) is 0 Å². The molecule has 0 heterocycles. The Morgan fingerprint density at radius 2 is 1.36 bits per heavy atom. The second-order valence-corrected chi connectivity index (χ2v) is 8.03. The molecule has 0 aliphatic heterocycles. The predicted molar refractivity (Wildman–Crippen MR) is 90.5 cm³/mol. The van der Waals surface area contributed by atoms with Crippen molar-refractivity contribution in [3.05, 3.63) is 34.9 Å². The summed E-state index contributed by atoms with van der Waals surface area (Å²) in [7, 11) is 0. The Morgan fingerprint density at radius 3 is 1.95 bits per heavy atom. The Labute approximate surface area is 138 Å². The topological polar surface area (TPSA) is 0 Å². The van der Waals surface area contributed by atoms with Gasteiger partial charge in [0.25, 0.3) is 0 Å². The van der Waals surface area contributed by atoms with E-state index in [9.17, 15) is 8.78 Å². The lowest BCUT2D eigenvalue weighted by Gasteiger charge is -2.37. The molecule has 0 amide bonds. The van der Waals surface area contributed by atoms with Gasteiger partial charge >= 0.3 is 0 Å². The summed E-state index contributed by atoms with van der Waals surface area (Å²) >= 11 is 4.58. The molecule has 0 N–H and O–H groups in total. The predicted octanol–water partition coefficient (Wildman–Crippen LogP) is 6.04. The molecular formula is C19H26F2S. The smallest absolute Gasteiger partial charge is 0.127 e. The maximum absolute atomic E-state index is 14.1. The standard InChI is InChI=1S/C19H26F2S/c1-12-10-19(21)17(11-18(12)20)15-4-2-13(3-5-15)14-6-8-16(22)9-7-14/h10-11,13-16,22H,2-9H2,1H3. The quantitative estimate of drug-likeness (QED) is 0.630. The number of benzene rings is 1. The summed E-state index contributed by atoms with van der Waals surface area (Å²) in [4.78, 5) is 0. The van der Waals surface area contributed by atoms with E-state index in [0.29, 0.717) is 16.4 Å². The first-order valence-corrected chi connectivity index (χ1v) is 9.20. The van der Waals surface area contributed by atoms with Crippen molar-refractivity contribution in [2.75, 3.05) is 0 Å². The van der Waals surface area contributed by atoms with Crippen molar-refractivity contribution in [2.24, 2.45) is 11.8 Å². The average molecular weight is 324 g/mol. The molecule has 1 aromatic rings. The molecule has 0 unspecified atom stereocenters. The van der Waals surface area contributed by atoms with E-state index in [0.717, 1.165) is 24.7 Å². The Morgan fingerprint density at radius 1 is 0.818 bits per heavy atom. The van der Waals surface area contributed by atoms with E-state index in [1.54, 1.807) is 6.92 Å².